The molecule has 1 atom stereocenters. The SMILES string of the molecule is CCO[C@H](C(C)=O)c1ccc(OC)cc1. The maximum absolute atomic E-state index is 11.3. The third kappa shape index (κ3) is 3.06. The van der Waals surface area contributed by atoms with Crippen molar-refractivity contribution in [1.29, 1.82) is 0 Å². The molecule has 1 aromatic rings. The number of methoxy groups -OCH3 is 1. The first-order valence-corrected chi connectivity index (χ1v) is 4.95. The van der Waals surface area contributed by atoms with Crippen molar-refractivity contribution in [3.05, 3.63) is 29.8 Å². The molecule has 0 aliphatic carbocycles. The summed E-state index contributed by atoms with van der Waals surface area (Å²) in [5.74, 6) is 0.791. The fraction of sp³-hybridized carbons (Fsp3) is 0.417. The van der Waals surface area contributed by atoms with Gasteiger partial charge in [-0.25, -0.2) is 0 Å². The Labute approximate surface area is 90.0 Å². The van der Waals surface area contributed by atoms with Gasteiger partial charge in [-0.2, -0.15) is 0 Å². The van der Waals surface area contributed by atoms with Crippen molar-refractivity contribution in [2.24, 2.45) is 0 Å². The molecule has 82 valence electrons. The number of Topliss-reactive ketones (excluding diaryl/α,β-unsaturated/α-hetero) is 1. The molecule has 3 heteroatoms. The molecule has 15 heavy (non-hydrogen) atoms. The van der Waals surface area contributed by atoms with E-state index in [1.54, 1.807) is 7.11 Å². The molecule has 0 aliphatic heterocycles. The first kappa shape index (κ1) is 11.7. The quantitative estimate of drug-likeness (QED) is 0.745. The first-order valence-electron chi connectivity index (χ1n) is 4.95. The molecule has 0 unspecified atom stereocenters. The zero-order valence-corrected chi connectivity index (χ0v) is 9.32. The molecule has 1 rings (SSSR count). The lowest BCUT2D eigenvalue weighted by atomic mass is 10.1. The highest BCUT2D eigenvalue weighted by molar-refractivity contribution is 5.81. The van der Waals surface area contributed by atoms with Crippen LogP contribution in [0.25, 0.3) is 0 Å². The molecule has 0 bridgehead atoms. The van der Waals surface area contributed by atoms with Gasteiger partial charge in [0.2, 0.25) is 0 Å². The third-order valence-corrected chi connectivity index (χ3v) is 2.12. The summed E-state index contributed by atoms with van der Waals surface area (Å²) in [6.45, 7) is 3.93. The molecule has 1 aromatic carbocycles. The van der Waals surface area contributed by atoms with E-state index in [1.165, 1.54) is 6.92 Å². The van der Waals surface area contributed by atoms with Gasteiger partial charge in [0.05, 0.1) is 7.11 Å². The van der Waals surface area contributed by atoms with E-state index in [0.717, 1.165) is 11.3 Å². The summed E-state index contributed by atoms with van der Waals surface area (Å²) < 4.78 is 10.4. The summed E-state index contributed by atoms with van der Waals surface area (Å²) in [7, 11) is 1.61. The van der Waals surface area contributed by atoms with E-state index < -0.39 is 6.10 Å². The van der Waals surface area contributed by atoms with Gasteiger partial charge >= 0.3 is 0 Å². The van der Waals surface area contributed by atoms with Crippen LogP contribution in [0.1, 0.15) is 25.5 Å². The van der Waals surface area contributed by atoms with E-state index in [2.05, 4.69) is 0 Å². The normalized spacial score (nSPS) is 12.2. The number of benzene rings is 1. The molecule has 0 heterocycles. The summed E-state index contributed by atoms with van der Waals surface area (Å²) in [4.78, 5) is 11.3. The van der Waals surface area contributed by atoms with Crippen LogP contribution in [0, 0.1) is 0 Å². The molecular weight excluding hydrogens is 192 g/mol. The number of rotatable bonds is 5. The lowest BCUT2D eigenvalue weighted by Gasteiger charge is -2.14. The first-order chi connectivity index (χ1) is 7.19. The fourth-order valence-electron chi connectivity index (χ4n) is 1.39. The average molecular weight is 208 g/mol. The lowest BCUT2D eigenvalue weighted by Crippen LogP contribution is -2.12. The van der Waals surface area contributed by atoms with Crippen LogP contribution in [-0.4, -0.2) is 19.5 Å². The van der Waals surface area contributed by atoms with Gasteiger partial charge in [0.25, 0.3) is 0 Å². The van der Waals surface area contributed by atoms with Crippen molar-refractivity contribution in [2.45, 2.75) is 20.0 Å². The maximum Gasteiger partial charge on any atom is 0.163 e. The highest BCUT2D eigenvalue weighted by Crippen LogP contribution is 2.21. The van der Waals surface area contributed by atoms with Gasteiger partial charge in [-0.3, -0.25) is 4.79 Å². The Balaban J connectivity index is 2.86. The van der Waals surface area contributed by atoms with Gasteiger partial charge in [0, 0.05) is 6.61 Å². The van der Waals surface area contributed by atoms with E-state index in [9.17, 15) is 4.79 Å². The molecule has 0 aliphatic rings. The minimum atomic E-state index is -0.457. The van der Waals surface area contributed by atoms with Crippen molar-refractivity contribution in [3.63, 3.8) is 0 Å². The number of carbonyl (C=O) groups excluding carboxylic acids is 1. The molecule has 0 saturated heterocycles. The summed E-state index contributed by atoms with van der Waals surface area (Å²) in [6, 6.07) is 7.34. The van der Waals surface area contributed by atoms with E-state index >= 15 is 0 Å². The van der Waals surface area contributed by atoms with Crippen LogP contribution in [0.15, 0.2) is 24.3 Å². The number of hydrogen-bond acceptors (Lipinski definition) is 3. The standard InChI is InChI=1S/C12H16O3/c1-4-15-12(9(2)13)10-5-7-11(14-3)8-6-10/h5-8,12H,4H2,1-3H3/t12-/m1/s1. The van der Waals surface area contributed by atoms with Gasteiger partial charge in [-0.05, 0) is 31.5 Å². The average Bonchev–Trinajstić information content (AvgIpc) is 2.26. The minimum Gasteiger partial charge on any atom is -0.497 e. The second kappa shape index (κ2) is 5.51. The monoisotopic (exact) mass is 208 g/mol. The predicted molar refractivity (Wildman–Crippen MR) is 58.0 cm³/mol. The van der Waals surface area contributed by atoms with Crippen LogP contribution in [0.4, 0.5) is 0 Å². The van der Waals surface area contributed by atoms with Gasteiger partial charge in [-0.1, -0.05) is 12.1 Å². The zero-order chi connectivity index (χ0) is 11.3. The van der Waals surface area contributed by atoms with Crippen LogP contribution in [0.2, 0.25) is 0 Å². The van der Waals surface area contributed by atoms with Crippen molar-refractivity contribution in [1.82, 2.24) is 0 Å². The summed E-state index contributed by atoms with van der Waals surface area (Å²) in [5, 5.41) is 0. The van der Waals surface area contributed by atoms with E-state index in [1.807, 2.05) is 31.2 Å². The molecular formula is C12H16O3. The summed E-state index contributed by atoms with van der Waals surface area (Å²) in [5.41, 5.74) is 0.866. The number of ketones is 1. The Kier molecular flexibility index (Phi) is 4.31. The topological polar surface area (TPSA) is 35.5 Å². The van der Waals surface area contributed by atoms with Crippen LogP contribution in [-0.2, 0) is 9.53 Å². The Morgan fingerprint density at radius 3 is 2.33 bits per heavy atom. The van der Waals surface area contributed by atoms with Crippen LogP contribution in [0.5, 0.6) is 5.75 Å². The van der Waals surface area contributed by atoms with Gasteiger partial charge < -0.3 is 9.47 Å². The lowest BCUT2D eigenvalue weighted by molar-refractivity contribution is -0.128. The molecule has 0 N–H and O–H groups in total. The molecule has 0 fully saturated rings. The molecule has 0 spiro atoms. The fourth-order valence-corrected chi connectivity index (χ4v) is 1.39. The Bertz CT molecular complexity index is 316. The maximum atomic E-state index is 11.3. The predicted octanol–water partition coefficient (Wildman–Crippen LogP) is 2.36. The minimum absolute atomic E-state index is 0.0158. The molecule has 0 aromatic heterocycles. The summed E-state index contributed by atoms with van der Waals surface area (Å²) >= 11 is 0. The summed E-state index contributed by atoms with van der Waals surface area (Å²) in [6.07, 6.45) is -0.457. The van der Waals surface area contributed by atoms with E-state index in [0.29, 0.717) is 6.61 Å². The Morgan fingerprint density at radius 2 is 1.93 bits per heavy atom. The molecule has 3 nitrogen and oxygen atoms in total. The van der Waals surface area contributed by atoms with Crippen molar-refractivity contribution in [2.75, 3.05) is 13.7 Å². The smallest absolute Gasteiger partial charge is 0.163 e. The van der Waals surface area contributed by atoms with Crippen LogP contribution >= 0.6 is 0 Å². The number of ether oxygens (including phenoxy) is 2. The Hall–Kier alpha value is -1.35. The van der Waals surface area contributed by atoms with Gasteiger partial charge in [0.1, 0.15) is 11.9 Å². The van der Waals surface area contributed by atoms with Crippen LogP contribution < -0.4 is 4.74 Å². The van der Waals surface area contributed by atoms with Crippen molar-refractivity contribution < 1.29 is 14.3 Å². The van der Waals surface area contributed by atoms with E-state index in [4.69, 9.17) is 9.47 Å². The van der Waals surface area contributed by atoms with Crippen molar-refractivity contribution >= 4 is 5.78 Å². The largest absolute Gasteiger partial charge is 0.497 e. The second-order valence-corrected chi connectivity index (χ2v) is 3.22. The third-order valence-electron chi connectivity index (χ3n) is 2.12. The van der Waals surface area contributed by atoms with Gasteiger partial charge in [0.15, 0.2) is 5.78 Å². The highest BCUT2D eigenvalue weighted by Gasteiger charge is 2.16. The Morgan fingerprint density at radius 1 is 1.33 bits per heavy atom. The van der Waals surface area contributed by atoms with Crippen LogP contribution in [0.3, 0.4) is 0 Å². The zero-order valence-electron chi connectivity index (χ0n) is 9.32. The number of hydrogen-bond donors (Lipinski definition) is 0. The molecule has 0 amide bonds. The second-order valence-electron chi connectivity index (χ2n) is 3.22. The van der Waals surface area contributed by atoms with Gasteiger partial charge in [-0.15, -0.1) is 0 Å². The van der Waals surface area contributed by atoms with E-state index in [-0.39, 0.29) is 5.78 Å². The molecule has 0 saturated carbocycles. The number of carbonyl (C=O) groups is 1. The highest BCUT2D eigenvalue weighted by atomic mass is 16.5. The molecule has 0 radical (unpaired) electrons. The van der Waals surface area contributed by atoms with Crippen molar-refractivity contribution in [3.8, 4) is 5.75 Å².